The summed E-state index contributed by atoms with van der Waals surface area (Å²) in [5, 5.41) is 10.1. The van der Waals surface area contributed by atoms with E-state index in [4.69, 9.17) is 5.11 Å². The summed E-state index contributed by atoms with van der Waals surface area (Å²) in [6.07, 6.45) is 2.01. The van der Waals surface area contributed by atoms with Crippen LogP contribution in [0, 0.1) is 13.8 Å². The number of carbonyl (C=O) groups is 3. The molecule has 1 atom stereocenters. The van der Waals surface area contributed by atoms with Crippen LogP contribution in [-0.2, 0) is 9.59 Å². The molecule has 0 spiro atoms. The molecule has 1 fully saturated rings. The quantitative estimate of drug-likeness (QED) is 0.846. The van der Waals surface area contributed by atoms with Crippen LogP contribution in [0.2, 0.25) is 0 Å². The van der Waals surface area contributed by atoms with E-state index in [-0.39, 0.29) is 24.4 Å². The first-order chi connectivity index (χ1) is 13.3. The topological polar surface area (TPSA) is 93.7 Å². The van der Waals surface area contributed by atoms with E-state index in [2.05, 4.69) is 18.8 Å². The van der Waals surface area contributed by atoms with E-state index < -0.39 is 5.97 Å². The lowest BCUT2D eigenvalue weighted by molar-refractivity contribution is -0.145. The van der Waals surface area contributed by atoms with Crippen LogP contribution in [0.4, 0.5) is 0 Å². The molecule has 0 saturated carbocycles. The minimum Gasteiger partial charge on any atom is -0.480 e. The van der Waals surface area contributed by atoms with Crippen molar-refractivity contribution in [1.82, 2.24) is 14.8 Å². The Morgan fingerprint density at radius 2 is 1.96 bits per heavy atom. The molecule has 1 aliphatic rings. The SMILES string of the molecule is CC(=O)N(CC(=O)O)C1CCCN(C(=O)c2cc3c(C)c(C)ccc3[nH]2)CC1. The summed E-state index contributed by atoms with van der Waals surface area (Å²) in [6, 6.07) is 5.79. The molecular formula is C21H27N3O4. The zero-order valence-corrected chi connectivity index (χ0v) is 16.6. The monoisotopic (exact) mass is 385 g/mol. The van der Waals surface area contributed by atoms with Crippen molar-refractivity contribution < 1.29 is 19.5 Å². The van der Waals surface area contributed by atoms with E-state index in [1.165, 1.54) is 17.4 Å². The summed E-state index contributed by atoms with van der Waals surface area (Å²) in [4.78, 5) is 42.4. The Balaban J connectivity index is 1.75. The van der Waals surface area contributed by atoms with Gasteiger partial charge < -0.3 is 19.9 Å². The molecule has 2 N–H and O–H groups in total. The van der Waals surface area contributed by atoms with Gasteiger partial charge in [0.1, 0.15) is 12.2 Å². The summed E-state index contributed by atoms with van der Waals surface area (Å²) in [5.74, 6) is -1.31. The van der Waals surface area contributed by atoms with Gasteiger partial charge >= 0.3 is 5.97 Å². The van der Waals surface area contributed by atoms with Crippen LogP contribution < -0.4 is 0 Å². The number of fused-ring (bicyclic) bond motifs is 1. The predicted molar refractivity (Wildman–Crippen MR) is 106 cm³/mol. The largest absolute Gasteiger partial charge is 0.480 e. The second-order valence-electron chi connectivity index (χ2n) is 7.57. The summed E-state index contributed by atoms with van der Waals surface area (Å²) in [7, 11) is 0. The first-order valence-electron chi connectivity index (χ1n) is 9.65. The van der Waals surface area contributed by atoms with Crippen molar-refractivity contribution in [3.63, 3.8) is 0 Å². The number of benzene rings is 1. The molecule has 3 rings (SSSR count). The molecule has 2 aromatic rings. The second-order valence-corrected chi connectivity index (χ2v) is 7.57. The Morgan fingerprint density at radius 1 is 1.21 bits per heavy atom. The first kappa shape index (κ1) is 19.9. The third kappa shape index (κ3) is 4.03. The van der Waals surface area contributed by atoms with Gasteiger partial charge in [0.25, 0.3) is 5.91 Å². The normalized spacial score (nSPS) is 17.4. The standard InChI is InChI=1S/C21H27N3O4/c1-13-6-7-18-17(14(13)2)11-19(22-18)21(28)23-9-4-5-16(8-10-23)24(15(3)25)12-20(26)27/h6-7,11,16,22H,4-5,8-10,12H2,1-3H3,(H,26,27). The van der Waals surface area contributed by atoms with Gasteiger partial charge in [0, 0.05) is 37.0 Å². The minimum absolute atomic E-state index is 0.0542. The van der Waals surface area contributed by atoms with E-state index >= 15 is 0 Å². The molecule has 7 nitrogen and oxygen atoms in total. The van der Waals surface area contributed by atoms with Crippen LogP contribution in [0.1, 0.15) is 47.8 Å². The lowest BCUT2D eigenvalue weighted by atomic mass is 10.1. The van der Waals surface area contributed by atoms with Crippen LogP contribution in [-0.4, -0.2) is 63.4 Å². The predicted octanol–water partition coefficient (Wildman–Crippen LogP) is 2.71. The molecule has 0 radical (unpaired) electrons. The molecule has 1 unspecified atom stereocenters. The number of likely N-dealkylation sites (tertiary alicyclic amines) is 1. The zero-order chi connectivity index (χ0) is 20.4. The molecule has 2 amide bonds. The molecule has 1 saturated heterocycles. The Bertz CT molecular complexity index is 918. The highest BCUT2D eigenvalue weighted by molar-refractivity contribution is 5.99. The number of aromatic nitrogens is 1. The molecular weight excluding hydrogens is 358 g/mol. The van der Waals surface area contributed by atoms with Gasteiger partial charge in [-0.2, -0.15) is 0 Å². The highest BCUT2D eigenvalue weighted by Gasteiger charge is 2.28. The van der Waals surface area contributed by atoms with Gasteiger partial charge in [-0.3, -0.25) is 14.4 Å². The van der Waals surface area contributed by atoms with Crippen LogP contribution in [0.3, 0.4) is 0 Å². The number of carbonyl (C=O) groups excluding carboxylic acids is 2. The zero-order valence-electron chi connectivity index (χ0n) is 16.6. The van der Waals surface area contributed by atoms with Crippen molar-refractivity contribution in [2.24, 2.45) is 0 Å². The van der Waals surface area contributed by atoms with Crippen LogP contribution >= 0.6 is 0 Å². The maximum Gasteiger partial charge on any atom is 0.323 e. The highest BCUT2D eigenvalue weighted by Crippen LogP contribution is 2.24. The van der Waals surface area contributed by atoms with E-state index in [1.807, 2.05) is 18.2 Å². The molecule has 2 heterocycles. The van der Waals surface area contributed by atoms with Gasteiger partial charge in [0.05, 0.1) is 0 Å². The minimum atomic E-state index is -1.02. The highest BCUT2D eigenvalue weighted by atomic mass is 16.4. The Morgan fingerprint density at radius 3 is 2.64 bits per heavy atom. The summed E-state index contributed by atoms with van der Waals surface area (Å²) < 4.78 is 0. The fourth-order valence-corrected chi connectivity index (χ4v) is 3.98. The molecule has 1 aliphatic heterocycles. The number of nitrogens with zero attached hydrogens (tertiary/aromatic N) is 2. The number of aliphatic carboxylic acids is 1. The van der Waals surface area contributed by atoms with Crippen molar-refractivity contribution in [2.75, 3.05) is 19.6 Å². The molecule has 28 heavy (non-hydrogen) atoms. The smallest absolute Gasteiger partial charge is 0.323 e. The lowest BCUT2D eigenvalue weighted by Gasteiger charge is -2.28. The van der Waals surface area contributed by atoms with Crippen molar-refractivity contribution in [2.45, 2.75) is 46.1 Å². The molecule has 150 valence electrons. The van der Waals surface area contributed by atoms with E-state index in [1.54, 1.807) is 4.90 Å². The van der Waals surface area contributed by atoms with Crippen molar-refractivity contribution in [3.05, 3.63) is 35.0 Å². The van der Waals surface area contributed by atoms with E-state index in [0.29, 0.717) is 31.6 Å². The van der Waals surface area contributed by atoms with Crippen molar-refractivity contribution >= 4 is 28.7 Å². The van der Waals surface area contributed by atoms with Gasteiger partial charge in [-0.05, 0) is 56.4 Å². The summed E-state index contributed by atoms with van der Waals surface area (Å²) in [6.45, 7) is 6.30. The number of carboxylic acid groups (broad SMARTS) is 1. The third-order valence-electron chi connectivity index (χ3n) is 5.71. The van der Waals surface area contributed by atoms with Crippen molar-refractivity contribution in [1.29, 1.82) is 0 Å². The fraction of sp³-hybridized carbons (Fsp3) is 0.476. The average Bonchev–Trinajstić information content (AvgIpc) is 2.93. The molecule has 1 aromatic heterocycles. The fourth-order valence-electron chi connectivity index (χ4n) is 3.98. The molecule has 1 aromatic carbocycles. The number of hydrogen-bond donors (Lipinski definition) is 2. The summed E-state index contributed by atoms with van der Waals surface area (Å²) in [5.41, 5.74) is 3.86. The van der Waals surface area contributed by atoms with Crippen LogP contribution in [0.5, 0.6) is 0 Å². The molecule has 0 aliphatic carbocycles. The van der Waals surface area contributed by atoms with Gasteiger partial charge in [-0.1, -0.05) is 6.07 Å². The Kier molecular flexibility index (Phi) is 5.72. The second kappa shape index (κ2) is 8.04. The number of carboxylic acids is 1. The van der Waals surface area contributed by atoms with Crippen molar-refractivity contribution in [3.8, 4) is 0 Å². The number of nitrogens with one attached hydrogen (secondary N) is 1. The van der Waals surface area contributed by atoms with Crippen LogP contribution in [0.25, 0.3) is 10.9 Å². The van der Waals surface area contributed by atoms with Gasteiger partial charge in [-0.15, -0.1) is 0 Å². The molecule has 7 heteroatoms. The number of rotatable bonds is 4. The number of aryl methyl sites for hydroxylation is 2. The number of amides is 2. The lowest BCUT2D eigenvalue weighted by Crippen LogP contribution is -2.43. The van der Waals surface area contributed by atoms with Gasteiger partial charge in [-0.25, -0.2) is 0 Å². The van der Waals surface area contributed by atoms with Gasteiger partial charge in [0.15, 0.2) is 0 Å². The maximum absolute atomic E-state index is 13.0. The number of hydrogen-bond acceptors (Lipinski definition) is 3. The van der Waals surface area contributed by atoms with E-state index in [9.17, 15) is 14.4 Å². The molecule has 0 bridgehead atoms. The number of H-pyrrole nitrogens is 1. The third-order valence-corrected chi connectivity index (χ3v) is 5.71. The number of aromatic amines is 1. The first-order valence-corrected chi connectivity index (χ1v) is 9.65. The Labute approximate surface area is 164 Å². The van der Waals surface area contributed by atoms with Crippen LogP contribution in [0.15, 0.2) is 18.2 Å². The van der Waals surface area contributed by atoms with Gasteiger partial charge in [0.2, 0.25) is 5.91 Å². The van der Waals surface area contributed by atoms with E-state index in [0.717, 1.165) is 22.9 Å². The average molecular weight is 385 g/mol. The summed E-state index contributed by atoms with van der Waals surface area (Å²) >= 11 is 0. The maximum atomic E-state index is 13.0. The Hall–Kier alpha value is -2.83.